The molecule has 1 atom stereocenters. The van der Waals surface area contributed by atoms with Crippen LogP contribution in [-0.4, -0.2) is 18.3 Å². The average Bonchev–Trinajstić information content (AvgIpc) is 2.90. The van der Waals surface area contributed by atoms with Crippen molar-refractivity contribution in [3.8, 4) is 11.5 Å². The van der Waals surface area contributed by atoms with E-state index in [2.05, 4.69) is 0 Å². The van der Waals surface area contributed by atoms with E-state index in [0.717, 1.165) is 12.0 Å². The Balaban J connectivity index is 1.78. The summed E-state index contributed by atoms with van der Waals surface area (Å²) in [7, 11) is 0. The van der Waals surface area contributed by atoms with Gasteiger partial charge in [0.15, 0.2) is 11.5 Å². The summed E-state index contributed by atoms with van der Waals surface area (Å²) in [6.45, 7) is 1.10. The molecule has 1 aliphatic heterocycles. The first kappa shape index (κ1) is 13.1. The van der Waals surface area contributed by atoms with Crippen LogP contribution in [0.2, 0.25) is 5.02 Å². The highest BCUT2D eigenvalue weighted by Crippen LogP contribution is 2.40. The Hall–Kier alpha value is -0.930. The van der Waals surface area contributed by atoms with Gasteiger partial charge in [0, 0.05) is 11.6 Å². The number of aliphatic hydroxyl groups is 1. The largest absolute Gasteiger partial charge is 0.486 e. The molecule has 1 aliphatic carbocycles. The number of aliphatic hydroxyl groups excluding tert-OH is 1. The molecule has 1 heterocycles. The van der Waals surface area contributed by atoms with Crippen molar-refractivity contribution >= 4 is 11.6 Å². The monoisotopic (exact) mass is 282 g/mol. The van der Waals surface area contributed by atoms with Crippen molar-refractivity contribution in [2.24, 2.45) is 5.92 Å². The minimum Gasteiger partial charge on any atom is -0.486 e. The second-order valence-electron chi connectivity index (χ2n) is 5.42. The molecule has 1 saturated carbocycles. The number of fused-ring (bicyclic) bond motifs is 1. The maximum absolute atomic E-state index is 10.4. The fourth-order valence-electron chi connectivity index (χ4n) is 3.02. The molecule has 1 aromatic carbocycles. The molecule has 1 unspecified atom stereocenters. The highest BCUT2D eigenvalue weighted by molar-refractivity contribution is 6.31. The second-order valence-corrected chi connectivity index (χ2v) is 5.83. The zero-order valence-electron chi connectivity index (χ0n) is 10.9. The Labute approximate surface area is 118 Å². The van der Waals surface area contributed by atoms with Crippen molar-refractivity contribution in [3.63, 3.8) is 0 Å². The van der Waals surface area contributed by atoms with E-state index in [1.165, 1.54) is 25.7 Å². The van der Waals surface area contributed by atoms with Gasteiger partial charge in [0.25, 0.3) is 0 Å². The van der Waals surface area contributed by atoms with Crippen LogP contribution < -0.4 is 9.47 Å². The van der Waals surface area contributed by atoms with E-state index in [4.69, 9.17) is 21.1 Å². The van der Waals surface area contributed by atoms with Crippen molar-refractivity contribution in [1.29, 1.82) is 0 Å². The lowest BCUT2D eigenvalue weighted by Crippen LogP contribution is -2.16. The molecule has 4 heteroatoms. The lowest BCUT2D eigenvalue weighted by molar-refractivity contribution is 0.142. The van der Waals surface area contributed by atoms with Crippen molar-refractivity contribution in [3.05, 3.63) is 22.7 Å². The molecule has 0 spiro atoms. The SMILES string of the molecule is OC(CC1CCCC1)c1cc2c(cc1Cl)OCCO2. The number of rotatable bonds is 3. The van der Waals surface area contributed by atoms with E-state index in [1.807, 2.05) is 6.07 Å². The van der Waals surface area contributed by atoms with Gasteiger partial charge in [-0.3, -0.25) is 0 Å². The van der Waals surface area contributed by atoms with Gasteiger partial charge in [0.05, 0.1) is 11.1 Å². The van der Waals surface area contributed by atoms with Gasteiger partial charge in [-0.15, -0.1) is 0 Å². The zero-order valence-corrected chi connectivity index (χ0v) is 11.7. The van der Waals surface area contributed by atoms with Crippen LogP contribution in [0.1, 0.15) is 43.8 Å². The third-order valence-corrected chi connectivity index (χ3v) is 4.38. The van der Waals surface area contributed by atoms with Gasteiger partial charge in [0.1, 0.15) is 13.2 Å². The zero-order chi connectivity index (χ0) is 13.2. The van der Waals surface area contributed by atoms with Crippen LogP contribution in [0.5, 0.6) is 11.5 Å². The molecule has 3 rings (SSSR count). The molecule has 104 valence electrons. The molecule has 19 heavy (non-hydrogen) atoms. The number of hydrogen-bond donors (Lipinski definition) is 1. The molecule has 2 aliphatic rings. The Morgan fingerprint density at radius 1 is 1.16 bits per heavy atom. The van der Waals surface area contributed by atoms with Gasteiger partial charge in [-0.05, 0) is 18.4 Å². The summed E-state index contributed by atoms with van der Waals surface area (Å²) >= 11 is 6.25. The molecule has 1 fully saturated rings. The summed E-state index contributed by atoms with van der Waals surface area (Å²) in [6, 6.07) is 3.58. The van der Waals surface area contributed by atoms with E-state index >= 15 is 0 Å². The number of ether oxygens (including phenoxy) is 2. The quantitative estimate of drug-likeness (QED) is 0.918. The van der Waals surface area contributed by atoms with Gasteiger partial charge in [-0.2, -0.15) is 0 Å². The fourth-order valence-corrected chi connectivity index (χ4v) is 3.30. The van der Waals surface area contributed by atoms with Gasteiger partial charge < -0.3 is 14.6 Å². The van der Waals surface area contributed by atoms with Crippen LogP contribution >= 0.6 is 11.6 Å². The van der Waals surface area contributed by atoms with E-state index in [9.17, 15) is 5.11 Å². The smallest absolute Gasteiger partial charge is 0.162 e. The number of benzene rings is 1. The topological polar surface area (TPSA) is 38.7 Å². The van der Waals surface area contributed by atoms with Crippen molar-refractivity contribution in [2.75, 3.05) is 13.2 Å². The highest BCUT2D eigenvalue weighted by Gasteiger charge is 2.23. The van der Waals surface area contributed by atoms with Gasteiger partial charge >= 0.3 is 0 Å². The number of halogens is 1. The molecule has 1 N–H and O–H groups in total. The molecule has 0 amide bonds. The first-order valence-corrected chi connectivity index (χ1v) is 7.39. The van der Waals surface area contributed by atoms with Crippen LogP contribution in [0.15, 0.2) is 12.1 Å². The van der Waals surface area contributed by atoms with Gasteiger partial charge in [0.2, 0.25) is 0 Å². The lowest BCUT2D eigenvalue weighted by atomic mass is 9.95. The summed E-state index contributed by atoms with van der Waals surface area (Å²) in [5.41, 5.74) is 0.762. The van der Waals surface area contributed by atoms with Gasteiger partial charge in [-0.25, -0.2) is 0 Å². The van der Waals surface area contributed by atoms with E-state index in [-0.39, 0.29) is 0 Å². The Morgan fingerprint density at radius 2 is 1.79 bits per heavy atom. The second kappa shape index (κ2) is 5.59. The maximum Gasteiger partial charge on any atom is 0.162 e. The average molecular weight is 283 g/mol. The normalized spacial score (nSPS) is 20.5. The molecule has 0 aromatic heterocycles. The van der Waals surface area contributed by atoms with Crippen molar-refractivity contribution in [2.45, 2.75) is 38.2 Å². The molecule has 3 nitrogen and oxygen atoms in total. The first-order valence-electron chi connectivity index (χ1n) is 7.01. The maximum atomic E-state index is 10.4. The minimum atomic E-state index is -0.508. The Bertz CT molecular complexity index is 455. The summed E-state index contributed by atoms with van der Waals surface area (Å²) in [5.74, 6) is 1.99. The number of hydrogen-bond acceptors (Lipinski definition) is 3. The predicted octanol–water partition coefficient (Wildman–Crippen LogP) is 3.72. The van der Waals surface area contributed by atoms with Crippen LogP contribution in [0.25, 0.3) is 0 Å². The molecule has 0 saturated heterocycles. The van der Waals surface area contributed by atoms with Gasteiger partial charge in [-0.1, -0.05) is 37.3 Å². The Kier molecular flexibility index (Phi) is 3.85. The summed E-state index contributed by atoms with van der Waals surface area (Å²) in [5, 5.41) is 10.9. The molecule has 0 bridgehead atoms. The molecule has 1 aromatic rings. The van der Waals surface area contributed by atoms with E-state index in [0.29, 0.717) is 35.7 Å². The predicted molar refractivity (Wildman–Crippen MR) is 74.0 cm³/mol. The van der Waals surface area contributed by atoms with E-state index < -0.39 is 6.10 Å². The third kappa shape index (κ3) is 2.82. The molecular weight excluding hydrogens is 264 g/mol. The minimum absolute atomic E-state index is 0.508. The summed E-state index contributed by atoms with van der Waals surface area (Å²) < 4.78 is 11.0. The lowest BCUT2D eigenvalue weighted by Gasteiger charge is -2.22. The fraction of sp³-hybridized carbons (Fsp3) is 0.600. The third-order valence-electron chi connectivity index (χ3n) is 4.05. The van der Waals surface area contributed by atoms with Crippen LogP contribution in [0.3, 0.4) is 0 Å². The summed E-state index contributed by atoms with van der Waals surface area (Å²) in [6.07, 6.45) is 5.29. The van der Waals surface area contributed by atoms with Crippen LogP contribution in [-0.2, 0) is 0 Å². The summed E-state index contributed by atoms with van der Waals surface area (Å²) in [4.78, 5) is 0. The van der Waals surface area contributed by atoms with Crippen molar-refractivity contribution < 1.29 is 14.6 Å². The van der Waals surface area contributed by atoms with E-state index in [1.54, 1.807) is 6.07 Å². The molecule has 0 radical (unpaired) electrons. The first-order chi connectivity index (χ1) is 9.24. The van der Waals surface area contributed by atoms with Crippen LogP contribution in [0, 0.1) is 5.92 Å². The standard InChI is InChI=1S/C15H19ClO3/c16-12-9-15-14(18-5-6-19-15)8-11(12)13(17)7-10-3-1-2-4-10/h8-10,13,17H,1-7H2. The highest BCUT2D eigenvalue weighted by atomic mass is 35.5. The van der Waals surface area contributed by atoms with Crippen molar-refractivity contribution in [1.82, 2.24) is 0 Å². The van der Waals surface area contributed by atoms with Crippen LogP contribution in [0.4, 0.5) is 0 Å². The molecular formula is C15H19ClO3. The Morgan fingerprint density at radius 3 is 2.47 bits per heavy atom.